The summed E-state index contributed by atoms with van der Waals surface area (Å²) in [4.78, 5) is 11.2. The van der Waals surface area contributed by atoms with Crippen molar-refractivity contribution in [1.82, 2.24) is 4.57 Å². The highest BCUT2D eigenvalue weighted by molar-refractivity contribution is 6.32. The van der Waals surface area contributed by atoms with Crippen molar-refractivity contribution in [3.05, 3.63) is 34.5 Å². The summed E-state index contributed by atoms with van der Waals surface area (Å²) in [6.45, 7) is 6.03. The van der Waals surface area contributed by atoms with Crippen LogP contribution in [0.5, 0.6) is 0 Å². The topological polar surface area (TPSA) is 42.2 Å². The van der Waals surface area contributed by atoms with Crippen LogP contribution in [0, 0.1) is 6.92 Å². The number of aromatic carboxylic acids is 1. The average Bonchev–Trinajstić information content (AvgIpc) is 2.54. The second-order valence-electron chi connectivity index (χ2n) is 4.47. The van der Waals surface area contributed by atoms with Crippen molar-refractivity contribution < 1.29 is 9.90 Å². The van der Waals surface area contributed by atoms with E-state index in [4.69, 9.17) is 11.6 Å². The van der Waals surface area contributed by atoms with Gasteiger partial charge in [-0.1, -0.05) is 11.6 Å². The number of carboxylic acids is 1. The fraction of sp³-hybridized carbons (Fsp3) is 0.308. The van der Waals surface area contributed by atoms with Crippen LogP contribution in [0.1, 0.15) is 35.8 Å². The van der Waals surface area contributed by atoms with Crippen molar-refractivity contribution >= 4 is 28.5 Å². The summed E-state index contributed by atoms with van der Waals surface area (Å²) in [6, 6.07) is 3.59. The maximum absolute atomic E-state index is 11.2. The van der Waals surface area contributed by atoms with E-state index in [0.717, 1.165) is 16.5 Å². The van der Waals surface area contributed by atoms with Gasteiger partial charge < -0.3 is 9.67 Å². The molecule has 0 fully saturated rings. The van der Waals surface area contributed by atoms with Crippen molar-refractivity contribution in [2.45, 2.75) is 26.8 Å². The lowest BCUT2D eigenvalue weighted by Crippen LogP contribution is -2.00. The van der Waals surface area contributed by atoms with Crippen LogP contribution in [0.15, 0.2) is 18.3 Å². The summed E-state index contributed by atoms with van der Waals surface area (Å²) in [5, 5.41) is 10.4. The van der Waals surface area contributed by atoms with E-state index >= 15 is 0 Å². The number of rotatable bonds is 2. The summed E-state index contributed by atoms with van der Waals surface area (Å²) >= 11 is 5.98. The van der Waals surface area contributed by atoms with Gasteiger partial charge in [-0.2, -0.15) is 0 Å². The number of hydrogen-bond acceptors (Lipinski definition) is 1. The van der Waals surface area contributed by atoms with E-state index in [9.17, 15) is 9.90 Å². The van der Waals surface area contributed by atoms with E-state index in [-0.39, 0.29) is 11.6 Å². The van der Waals surface area contributed by atoms with Crippen molar-refractivity contribution in [2.75, 3.05) is 0 Å². The van der Waals surface area contributed by atoms with Gasteiger partial charge in [0.2, 0.25) is 0 Å². The van der Waals surface area contributed by atoms with Gasteiger partial charge in [0.1, 0.15) is 0 Å². The Morgan fingerprint density at radius 3 is 2.59 bits per heavy atom. The lowest BCUT2D eigenvalue weighted by Gasteiger charge is -2.09. The molecule has 0 saturated carbocycles. The molecule has 4 heteroatoms. The van der Waals surface area contributed by atoms with Crippen LogP contribution in [0.3, 0.4) is 0 Å². The summed E-state index contributed by atoms with van der Waals surface area (Å²) in [5.74, 6) is -0.942. The third kappa shape index (κ3) is 1.91. The number of fused-ring (bicyclic) bond motifs is 1. The SMILES string of the molecule is Cc1cn(C(C)C)c2cc(Cl)cc(C(=O)O)c12. The van der Waals surface area contributed by atoms with Gasteiger partial charge in [0.15, 0.2) is 0 Å². The van der Waals surface area contributed by atoms with Gasteiger partial charge in [0.05, 0.1) is 11.1 Å². The number of carboxylic acid groups (broad SMARTS) is 1. The Bertz CT molecular complexity index is 599. The first-order valence-corrected chi connectivity index (χ1v) is 5.83. The molecule has 0 amide bonds. The number of halogens is 1. The van der Waals surface area contributed by atoms with Gasteiger partial charge in [-0.3, -0.25) is 0 Å². The van der Waals surface area contributed by atoms with E-state index in [2.05, 4.69) is 13.8 Å². The maximum atomic E-state index is 11.2. The lowest BCUT2D eigenvalue weighted by atomic mass is 10.1. The third-order valence-corrected chi connectivity index (χ3v) is 3.09. The Morgan fingerprint density at radius 2 is 2.06 bits per heavy atom. The van der Waals surface area contributed by atoms with Gasteiger partial charge in [0, 0.05) is 22.6 Å². The van der Waals surface area contributed by atoms with E-state index < -0.39 is 5.97 Å². The van der Waals surface area contributed by atoms with Gasteiger partial charge in [0.25, 0.3) is 0 Å². The van der Waals surface area contributed by atoms with Crippen molar-refractivity contribution in [1.29, 1.82) is 0 Å². The minimum atomic E-state index is -0.942. The molecule has 1 aromatic carbocycles. The smallest absolute Gasteiger partial charge is 0.336 e. The molecule has 2 aromatic rings. The van der Waals surface area contributed by atoms with Crippen LogP contribution in [0.25, 0.3) is 10.9 Å². The Labute approximate surface area is 105 Å². The minimum Gasteiger partial charge on any atom is -0.478 e. The molecule has 0 aliphatic carbocycles. The fourth-order valence-electron chi connectivity index (χ4n) is 2.15. The molecule has 0 unspecified atom stereocenters. The molecule has 3 nitrogen and oxygen atoms in total. The first-order valence-electron chi connectivity index (χ1n) is 5.45. The monoisotopic (exact) mass is 251 g/mol. The summed E-state index contributed by atoms with van der Waals surface area (Å²) in [5.41, 5.74) is 2.11. The van der Waals surface area contributed by atoms with E-state index in [1.165, 1.54) is 6.07 Å². The minimum absolute atomic E-state index is 0.268. The Morgan fingerprint density at radius 1 is 1.41 bits per heavy atom. The fourth-order valence-corrected chi connectivity index (χ4v) is 2.36. The zero-order chi connectivity index (χ0) is 12.7. The highest BCUT2D eigenvalue weighted by Crippen LogP contribution is 2.30. The number of aromatic nitrogens is 1. The average molecular weight is 252 g/mol. The maximum Gasteiger partial charge on any atom is 0.336 e. The standard InChI is InChI=1S/C13H14ClNO2/c1-7(2)15-6-8(3)12-10(13(16)17)4-9(14)5-11(12)15/h4-7H,1-3H3,(H,16,17). The van der Waals surface area contributed by atoms with Crippen LogP contribution in [-0.4, -0.2) is 15.6 Å². The predicted molar refractivity (Wildman–Crippen MR) is 69.0 cm³/mol. The van der Waals surface area contributed by atoms with Crippen molar-refractivity contribution in [3.8, 4) is 0 Å². The number of benzene rings is 1. The molecule has 0 atom stereocenters. The summed E-state index contributed by atoms with van der Waals surface area (Å²) < 4.78 is 2.04. The molecule has 17 heavy (non-hydrogen) atoms. The molecule has 0 spiro atoms. The van der Waals surface area contributed by atoms with Crippen molar-refractivity contribution in [2.24, 2.45) is 0 Å². The van der Waals surface area contributed by atoms with E-state index in [1.54, 1.807) is 0 Å². The van der Waals surface area contributed by atoms with Crippen LogP contribution in [0.4, 0.5) is 0 Å². The van der Waals surface area contributed by atoms with Crippen LogP contribution < -0.4 is 0 Å². The Balaban J connectivity index is 2.90. The molecule has 90 valence electrons. The number of nitrogens with zero attached hydrogens (tertiary/aromatic N) is 1. The second kappa shape index (κ2) is 4.08. The molecule has 1 aromatic heterocycles. The number of hydrogen-bond donors (Lipinski definition) is 1. The highest BCUT2D eigenvalue weighted by atomic mass is 35.5. The Hall–Kier alpha value is -1.48. The molecule has 1 heterocycles. The molecule has 1 N–H and O–H groups in total. The first-order chi connectivity index (χ1) is 7.91. The van der Waals surface area contributed by atoms with Crippen molar-refractivity contribution in [3.63, 3.8) is 0 Å². The van der Waals surface area contributed by atoms with Gasteiger partial charge in [-0.15, -0.1) is 0 Å². The summed E-state index contributed by atoms with van der Waals surface area (Å²) in [6.07, 6.45) is 1.97. The van der Waals surface area contributed by atoms with Crippen LogP contribution in [0.2, 0.25) is 5.02 Å². The zero-order valence-electron chi connectivity index (χ0n) is 9.99. The van der Waals surface area contributed by atoms with E-state index in [0.29, 0.717) is 5.02 Å². The normalized spacial score (nSPS) is 11.4. The molecule has 0 radical (unpaired) electrons. The van der Waals surface area contributed by atoms with Gasteiger partial charge in [-0.25, -0.2) is 4.79 Å². The highest BCUT2D eigenvalue weighted by Gasteiger charge is 2.16. The van der Waals surface area contributed by atoms with Crippen LogP contribution in [-0.2, 0) is 0 Å². The Kier molecular flexibility index (Phi) is 2.87. The number of carbonyl (C=O) groups is 1. The first kappa shape index (κ1) is 12.0. The molecule has 0 saturated heterocycles. The molecule has 0 aliphatic heterocycles. The molecular weight excluding hydrogens is 238 g/mol. The zero-order valence-corrected chi connectivity index (χ0v) is 10.7. The van der Waals surface area contributed by atoms with Gasteiger partial charge >= 0.3 is 5.97 Å². The molecular formula is C13H14ClNO2. The molecule has 0 aliphatic rings. The van der Waals surface area contributed by atoms with Crippen LogP contribution >= 0.6 is 11.6 Å². The van der Waals surface area contributed by atoms with E-state index in [1.807, 2.05) is 23.8 Å². The second-order valence-corrected chi connectivity index (χ2v) is 4.90. The quantitative estimate of drug-likeness (QED) is 0.880. The summed E-state index contributed by atoms with van der Waals surface area (Å²) in [7, 11) is 0. The number of aryl methyl sites for hydroxylation is 1. The van der Waals surface area contributed by atoms with Gasteiger partial charge in [-0.05, 0) is 38.5 Å². The largest absolute Gasteiger partial charge is 0.478 e. The molecule has 0 bridgehead atoms. The lowest BCUT2D eigenvalue weighted by molar-refractivity contribution is 0.0699. The molecule has 2 rings (SSSR count). The predicted octanol–water partition coefficient (Wildman–Crippen LogP) is 3.88. The third-order valence-electron chi connectivity index (χ3n) is 2.87.